The topological polar surface area (TPSA) is 108 Å². The Labute approximate surface area is 103 Å². The van der Waals surface area contributed by atoms with Crippen LogP contribution in [0.5, 0.6) is 0 Å². The lowest BCUT2D eigenvalue weighted by Crippen LogP contribution is -2.34. The van der Waals surface area contributed by atoms with Crippen molar-refractivity contribution in [3.63, 3.8) is 0 Å². The van der Waals surface area contributed by atoms with Crippen molar-refractivity contribution in [1.29, 1.82) is 0 Å². The molecule has 0 bridgehead atoms. The average Bonchev–Trinajstić information content (AvgIpc) is 2.25. The molecule has 7 nitrogen and oxygen atoms in total. The van der Waals surface area contributed by atoms with Crippen LogP contribution in [-0.2, 0) is 10.0 Å². The fourth-order valence-electron chi connectivity index (χ4n) is 0.959. The molecule has 1 aromatic heterocycles. The third-order valence-electron chi connectivity index (χ3n) is 1.70. The quantitative estimate of drug-likeness (QED) is 0.530. The van der Waals surface area contributed by atoms with Gasteiger partial charge < -0.3 is 10.4 Å². The zero-order valence-electron chi connectivity index (χ0n) is 8.55. The molecule has 0 saturated heterocycles. The van der Waals surface area contributed by atoms with E-state index in [-0.39, 0.29) is 23.1 Å². The summed E-state index contributed by atoms with van der Waals surface area (Å²) in [4.78, 5) is 13.7. The highest BCUT2D eigenvalue weighted by Gasteiger charge is 2.13. The summed E-state index contributed by atoms with van der Waals surface area (Å²) in [5.41, 5.74) is 0. The van der Waals surface area contributed by atoms with E-state index in [0.717, 1.165) is 6.20 Å². The number of aromatic nitrogens is 1. The number of pyridine rings is 1. The van der Waals surface area contributed by atoms with E-state index in [2.05, 4.69) is 9.71 Å². The third kappa shape index (κ3) is 4.55. The Morgan fingerprint density at radius 1 is 1.41 bits per heavy atom. The van der Waals surface area contributed by atoms with Crippen LogP contribution in [0.15, 0.2) is 23.2 Å². The molecule has 1 rings (SSSR count). The van der Waals surface area contributed by atoms with Crippen LogP contribution < -0.4 is 10.0 Å². The molecule has 1 heterocycles. The number of nitrogens with zero attached hydrogens (tertiary/aromatic N) is 1. The van der Waals surface area contributed by atoms with E-state index in [1.54, 1.807) is 0 Å². The van der Waals surface area contributed by atoms with Gasteiger partial charge in [-0.3, -0.25) is 0 Å². The van der Waals surface area contributed by atoms with Crippen molar-refractivity contribution >= 4 is 27.7 Å². The molecule has 0 aliphatic carbocycles. The zero-order chi connectivity index (χ0) is 12.9. The van der Waals surface area contributed by atoms with E-state index in [9.17, 15) is 13.2 Å². The number of amides is 1. The van der Waals surface area contributed by atoms with E-state index in [1.165, 1.54) is 12.1 Å². The van der Waals surface area contributed by atoms with Crippen LogP contribution in [0.1, 0.15) is 0 Å². The van der Waals surface area contributed by atoms with Crippen LogP contribution in [0, 0.1) is 0 Å². The third-order valence-corrected chi connectivity index (χ3v) is 3.37. The molecule has 0 atom stereocenters. The fourth-order valence-corrected chi connectivity index (χ4v) is 2.05. The van der Waals surface area contributed by atoms with E-state index >= 15 is 0 Å². The van der Waals surface area contributed by atoms with Gasteiger partial charge in [0, 0.05) is 19.3 Å². The van der Waals surface area contributed by atoms with Gasteiger partial charge in [-0.2, -0.15) is 0 Å². The van der Waals surface area contributed by atoms with Crippen molar-refractivity contribution in [3.8, 4) is 0 Å². The number of nitrogens with one attached hydrogen (secondary N) is 2. The smallest absolute Gasteiger partial charge is 0.404 e. The number of carboxylic acid groups (broad SMARTS) is 1. The first-order valence-corrected chi connectivity index (χ1v) is 6.36. The summed E-state index contributed by atoms with van der Waals surface area (Å²) in [7, 11) is -3.68. The average molecular weight is 280 g/mol. The molecule has 9 heteroatoms. The lowest BCUT2D eigenvalue weighted by atomic mass is 10.5. The Balaban J connectivity index is 2.57. The number of halogens is 1. The predicted molar refractivity (Wildman–Crippen MR) is 60.5 cm³/mol. The van der Waals surface area contributed by atoms with Gasteiger partial charge in [0.2, 0.25) is 10.0 Å². The van der Waals surface area contributed by atoms with E-state index < -0.39 is 16.1 Å². The van der Waals surface area contributed by atoms with Crippen molar-refractivity contribution in [2.24, 2.45) is 0 Å². The molecule has 17 heavy (non-hydrogen) atoms. The van der Waals surface area contributed by atoms with Gasteiger partial charge in [-0.25, -0.2) is 22.9 Å². The lowest BCUT2D eigenvalue weighted by molar-refractivity contribution is 0.194. The molecule has 0 saturated carbocycles. The van der Waals surface area contributed by atoms with Crippen molar-refractivity contribution in [1.82, 2.24) is 15.0 Å². The summed E-state index contributed by atoms with van der Waals surface area (Å²) >= 11 is 5.52. The zero-order valence-corrected chi connectivity index (χ0v) is 10.1. The summed E-state index contributed by atoms with van der Waals surface area (Å²) in [5.74, 6) is 0. The molecule has 0 aliphatic rings. The van der Waals surface area contributed by atoms with Gasteiger partial charge in [-0.1, -0.05) is 11.6 Å². The summed E-state index contributed by atoms with van der Waals surface area (Å²) in [6, 6.07) is 2.66. The minimum atomic E-state index is -3.68. The van der Waals surface area contributed by atoms with Gasteiger partial charge >= 0.3 is 6.09 Å². The van der Waals surface area contributed by atoms with Gasteiger partial charge in [0.05, 0.1) is 0 Å². The Morgan fingerprint density at radius 2 is 2.12 bits per heavy atom. The van der Waals surface area contributed by atoms with Crippen LogP contribution in [-0.4, -0.2) is 37.7 Å². The maximum atomic E-state index is 11.6. The summed E-state index contributed by atoms with van der Waals surface area (Å²) < 4.78 is 25.5. The summed E-state index contributed by atoms with van der Waals surface area (Å²) in [6.07, 6.45) is -0.0905. The predicted octanol–water partition coefficient (Wildman–Crippen LogP) is 0.281. The first-order chi connectivity index (χ1) is 7.92. The first kappa shape index (κ1) is 13.7. The Bertz CT molecular complexity index is 488. The monoisotopic (exact) mass is 279 g/mol. The van der Waals surface area contributed by atoms with Crippen LogP contribution in [0.2, 0.25) is 5.15 Å². The molecule has 1 aromatic rings. The van der Waals surface area contributed by atoms with Gasteiger partial charge in [0.1, 0.15) is 10.0 Å². The van der Waals surface area contributed by atoms with E-state index in [1.807, 2.05) is 5.32 Å². The van der Waals surface area contributed by atoms with E-state index in [0.29, 0.717) is 0 Å². The van der Waals surface area contributed by atoms with Gasteiger partial charge in [-0.15, -0.1) is 0 Å². The molecule has 0 radical (unpaired) electrons. The normalized spacial score (nSPS) is 11.1. The van der Waals surface area contributed by atoms with Crippen LogP contribution >= 0.6 is 11.6 Å². The Morgan fingerprint density at radius 3 is 2.65 bits per heavy atom. The minimum absolute atomic E-state index is 0.0183. The van der Waals surface area contributed by atoms with Crippen LogP contribution in [0.4, 0.5) is 4.79 Å². The number of rotatable bonds is 5. The molecule has 0 aliphatic heterocycles. The van der Waals surface area contributed by atoms with Crippen LogP contribution in [0.25, 0.3) is 0 Å². The van der Waals surface area contributed by atoms with Crippen molar-refractivity contribution < 1.29 is 18.3 Å². The lowest BCUT2D eigenvalue weighted by Gasteiger charge is -2.06. The number of sulfonamides is 1. The molecule has 0 fully saturated rings. The Hall–Kier alpha value is -1.38. The Kier molecular flexibility index (Phi) is 4.67. The summed E-state index contributed by atoms with van der Waals surface area (Å²) in [6.45, 7) is -0.0627. The van der Waals surface area contributed by atoms with Crippen molar-refractivity contribution in [2.75, 3.05) is 13.1 Å². The highest BCUT2D eigenvalue weighted by atomic mass is 35.5. The maximum Gasteiger partial charge on any atom is 0.404 e. The standard InChI is InChI=1S/C8H10ClN3O4S/c9-7-2-1-6(5-11-7)17(15,16)12-4-3-10-8(13)14/h1-2,5,10,12H,3-4H2,(H,13,14). The molecular formula is C8H10ClN3O4S. The van der Waals surface area contributed by atoms with Gasteiger partial charge in [0.25, 0.3) is 0 Å². The second kappa shape index (κ2) is 5.80. The minimum Gasteiger partial charge on any atom is -0.465 e. The molecule has 0 spiro atoms. The highest BCUT2D eigenvalue weighted by Crippen LogP contribution is 2.09. The van der Waals surface area contributed by atoms with Crippen molar-refractivity contribution in [2.45, 2.75) is 4.90 Å². The van der Waals surface area contributed by atoms with E-state index in [4.69, 9.17) is 16.7 Å². The molecule has 3 N–H and O–H groups in total. The first-order valence-electron chi connectivity index (χ1n) is 4.50. The van der Waals surface area contributed by atoms with Crippen LogP contribution in [0.3, 0.4) is 0 Å². The van der Waals surface area contributed by atoms with Gasteiger partial charge in [-0.05, 0) is 12.1 Å². The molecular weight excluding hydrogens is 270 g/mol. The fraction of sp³-hybridized carbons (Fsp3) is 0.250. The number of hydrogen-bond donors (Lipinski definition) is 3. The highest BCUT2D eigenvalue weighted by molar-refractivity contribution is 7.89. The second-order valence-corrected chi connectivity index (χ2v) is 5.10. The second-order valence-electron chi connectivity index (χ2n) is 2.95. The number of hydrogen-bond acceptors (Lipinski definition) is 4. The largest absolute Gasteiger partial charge is 0.465 e. The van der Waals surface area contributed by atoms with Gasteiger partial charge in [0.15, 0.2) is 0 Å². The molecule has 1 amide bonds. The molecule has 0 unspecified atom stereocenters. The molecule has 94 valence electrons. The molecule has 0 aromatic carbocycles. The van der Waals surface area contributed by atoms with Crippen molar-refractivity contribution in [3.05, 3.63) is 23.5 Å². The maximum absolute atomic E-state index is 11.6. The summed E-state index contributed by atoms with van der Waals surface area (Å²) in [5, 5.41) is 10.5. The number of carbonyl (C=O) groups is 1. The SMILES string of the molecule is O=C(O)NCCNS(=O)(=O)c1ccc(Cl)nc1.